The molecule has 0 aromatic rings. The molecule has 2 saturated carbocycles. The minimum Gasteiger partial charge on any atom is -0.327 e. The Kier molecular flexibility index (Phi) is 2.16. The number of nitrogens with two attached hydrogens (primary N) is 1. The van der Waals surface area contributed by atoms with Crippen molar-refractivity contribution in [3.05, 3.63) is 0 Å². The van der Waals surface area contributed by atoms with Gasteiger partial charge < -0.3 is 5.73 Å². The van der Waals surface area contributed by atoms with Crippen LogP contribution in [-0.4, -0.2) is 6.04 Å². The predicted octanol–water partition coefficient (Wildman–Crippen LogP) is 2.69. The highest BCUT2D eigenvalue weighted by Crippen LogP contribution is 2.57. The molecule has 0 aromatic carbocycles. The van der Waals surface area contributed by atoms with Crippen LogP contribution < -0.4 is 5.73 Å². The Morgan fingerprint density at radius 1 is 1.33 bits per heavy atom. The average molecular weight is 167 g/mol. The van der Waals surface area contributed by atoms with Crippen LogP contribution in [0.25, 0.3) is 0 Å². The maximum atomic E-state index is 6.16. The molecule has 0 saturated heterocycles. The lowest BCUT2D eigenvalue weighted by molar-refractivity contribution is 0.0619. The van der Waals surface area contributed by atoms with Crippen molar-refractivity contribution in [2.45, 2.75) is 57.9 Å². The van der Waals surface area contributed by atoms with Crippen molar-refractivity contribution in [3.63, 3.8) is 0 Å². The zero-order valence-corrected chi connectivity index (χ0v) is 8.18. The Bertz CT molecular complexity index is 160. The van der Waals surface area contributed by atoms with Gasteiger partial charge in [0.25, 0.3) is 0 Å². The summed E-state index contributed by atoms with van der Waals surface area (Å²) in [7, 11) is 0. The highest BCUT2D eigenvalue weighted by molar-refractivity contribution is 5.00. The van der Waals surface area contributed by atoms with Gasteiger partial charge in [0.15, 0.2) is 0 Å². The van der Waals surface area contributed by atoms with Crippen LogP contribution in [0.1, 0.15) is 51.9 Å². The van der Waals surface area contributed by atoms with E-state index in [2.05, 4.69) is 6.92 Å². The second kappa shape index (κ2) is 3.02. The van der Waals surface area contributed by atoms with Crippen LogP contribution in [0.5, 0.6) is 0 Å². The highest BCUT2D eigenvalue weighted by Gasteiger charge is 2.48. The zero-order valence-electron chi connectivity index (χ0n) is 8.18. The van der Waals surface area contributed by atoms with Crippen LogP contribution in [-0.2, 0) is 0 Å². The minimum absolute atomic E-state index is 0.493. The van der Waals surface area contributed by atoms with Gasteiger partial charge in [-0.25, -0.2) is 0 Å². The molecule has 0 heterocycles. The van der Waals surface area contributed by atoms with E-state index >= 15 is 0 Å². The molecule has 12 heavy (non-hydrogen) atoms. The third-order valence-electron chi connectivity index (χ3n) is 4.31. The van der Waals surface area contributed by atoms with Crippen LogP contribution in [0.3, 0.4) is 0 Å². The predicted molar refractivity (Wildman–Crippen MR) is 51.9 cm³/mol. The number of rotatable bonds is 2. The van der Waals surface area contributed by atoms with Crippen molar-refractivity contribution in [2.24, 2.45) is 17.1 Å². The summed E-state index contributed by atoms with van der Waals surface area (Å²) in [6.45, 7) is 2.23. The van der Waals surface area contributed by atoms with Crippen molar-refractivity contribution in [3.8, 4) is 0 Å². The van der Waals surface area contributed by atoms with E-state index in [-0.39, 0.29) is 0 Å². The van der Waals surface area contributed by atoms with Gasteiger partial charge in [-0.3, -0.25) is 0 Å². The summed E-state index contributed by atoms with van der Waals surface area (Å²) in [5.41, 5.74) is 6.89. The topological polar surface area (TPSA) is 26.0 Å². The van der Waals surface area contributed by atoms with Crippen LogP contribution in [0.4, 0.5) is 0 Å². The quantitative estimate of drug-likeness (QED) is 0.672. The molecule has 0 aliphatic heterocycles. The van der Waals surface area contributed by atoms with Gasteiger partial charge in [0.1, 0.15) is 0 Å². The summed E-state index contributed by atoms with van der Waals surface area (Å²) < 4.78 is 0. The molecule has 2 fully saturated rings. The maximum Gasteiger partial charge on any atom is 0.00698 e. The molecular formula is C11H21N. The van der Waals surface area contributed by atoms with E-state index in [0.29, 0.717) is 6.04 Å². The molecule has 0 bridgehead atoms. The Labute approximate surface area is 75.7 Å². The van der Waals surface area contributed by atoms with Crippen molar-refractivity contribution in [2.75, 3.05) is 0 Å². The van der Waals surface area contributed by atoms with Gasteiger partial charge in [0.05, 0.1) is 0 Å². The molecule has 0 aromatic heterocycles. The highest BCUT2D eigenvalue weighted by atomic mass is 14.7. The number of hydrogen-bond donors (Lipinski definition) is 1. The standard InChI is InChI=1S/C11H21N/c1-2-10(12)9-5-3-6-11(9)7-4-8-11/h9-10H,2-8,12H2,1H3. The molecule has 1 heteroatoms. The summed E-state index contributed by atoms with van der Waals surface area (Å²) in [5, 5.41) is 0. The monoisotopic (exact) mass is 167 g/mol. The molecule has 1 nitrogen and oxygen atoms in total. The van der Waals surface area contributed by atoms with Gasteiger partial charge in [0, 0.05) is 6.04 Å². The Morgan fingerprint density at radius 2 is 2.00 bits per heavy atom. The second-order valence-electron chi connectivity index (χ2n) is 4.79. The normalized spacial score (nSPS) is 35.0. The Balaban J connectivity index is 2.03. The van der Waals surface area contributed by atoms with Gasteiger partial charge in [-0.15, -0.1) is 0 Å². The van der Waals surface area contributed by atoms with Crippen molar-refractivity contribution >= 4 is 0 Å². The first-order valence-electron chi connectivity index (χ1n) is 5.54. The first-order chi connectivity index (χ1) is 5.78. The van der Waals surface area contributed by atoms with E-state index in [1.165, 1.54) is 44.9 Å². The SMILES string of the molecule is CCC(N)C1CCCC12CCC2. The molecule has 70 valence electrons. The molecule has 2 unspecified atom stereocenters. The van der Waals surface area contributed by atoms with Crippen LogP contribution in [0.2, 0.25) is 0 Å². The van der Waals surface area contributed by atoms with E-state index in [1.807, 2.05) is 0 Å². The van der Waals surface area contributed by atoms with Gasteiger partial charge in [-0.05, 0) is 43.4 Å². The number of hydrogen-bond acceptors (Lipinski definition) is 1. The second-order valence-corrected chi connectivity index (χ2v) is 4.79. The van der Waals surface area contributed by atoms with Crippen LogP contribution in [0, 0.1) is 11.3 Å². The van der Waals surface area contributed by atoms with E-state index < -0.39 is 0 Å². The first kappa shape index (κ1) is 8.55. The largest absolute Gasteiger partial charge is 0.327 e. The zero-order chi connectivity index (χ0) is 8.60. The van der Waals surface area contributed by atoms with Crippen molar-refractivity contribution in [1.82, 2.24) is 0 Å². The third kappa shape index (κ3) is 1.10. The summed E-state index contributed by atoms with van der Waals surface area (Å²) >= 11 is 0. The summed E-state index contributed by atoms with van der Waals surface area (Å²) in [5.74, 6) is 0.872. The fourth-order valence-corrected chi connectivity index (χ4v) is 3.37. The van der Waals surface area contributed by atoms with Gasteiger partial charge in [-0.2, -0.15) is 0 Å². The van der Waals surface area contributed by atoms with E-state index in [1.54, 1.807) is 0 Å². The lowest BCUT2D eigenvalue weighted by Gasteiger charge is -2.46. The summed E-state index contributed by atoms with van der Waals surface area (Å²) in [6.07, 6.45) is 9.93. The van der Waals surface area contributed by atoms with E-state index in [0.717, 1.165) is 11.3 Å². The smallest absolute Gasteiger partial charge is 0.00698 e. The molecule has 2 aliphatic carbocycles. The lowest BCUT2D eigenvalue weighted by atomic mass is 9.60. The van der Waals surface area contributed by atoms with Gasteiger partial charge in [0.2, 0.25) is 0 Å². The molecule has 2 atom stereocenters. The van der Waals surface area contributed by atoms with Gasteiger partial charge >= 0.3 is 0 Å². The Morgan fingerprint density at radius 3 is 2.50 bits per heavy atom. The molecule has 2 rings (SSSR count). The molecule has 2 N–H and O–H groups in total. The minimum atomic E-state index is 0.493. The molecule has 1 spiro atoms. The molecule has 2 aliphatic rings. The summed E-state index contributed by atoms with van der Waals surface area (Å²) in [4.78, 5) is 0. The lowest BCUT2D eigenvalue weighted by Crippen LogP contribution is -2.42. The fourth-order valence-electron chi connectivity index (χ4n) is 3.37. The maximum absolute atomic E-state index is 6.16. The average Bonchev–Trinajstić information content (AvgIpc) is 2.45. The van der Waals surface area contributed by atoms with Crippen LogP contribution in [0.15, 0.2) is 0 Å². The van der Waals surface area contributed by atoms with E-state index in [9.17, 15) is 0 Å². The van der Waals surface area contributed by atoms with Crippen molar-refractivity contribution < 1.29 is 0 Å². The van der Waals surface area contributed by atoms with Crippen LogP contribution >= 0.6 is 0 Å². The van der Waals surface area contributed by atoms with E-state index in [4.69, 9.17) is 5.73 Å². The Hall–Kier alpha value is -0.0400. The first-order valence-corrected chi connectivity index (χ1v) is 5.54. The molecule has 0 amide bonds. The van der Waals surface area contributed by atoms with Crippen molar-refractivity contribution in [1.29, 1.82) is 0 Å². The van der Waals surface area contributed by atoms with Gasteiger partial charge in [-0.1, -0.05) is 19.8 Å². The summed E-state index contributed by atoms with van der Waals surface area (Å²) in [6, 6.07) is 0.493. The molecule has 0 radical (unpaired) electrons. The molecular weight excluding hydrogens is 146 g/mol. The fraction of sp³-hybridized carbons (Fsp3) is 1.00. The third-order valence-corrected chi connectivity index (χ3v) is 4.31.